The Kier molecular flexibility index (Phi) is 5.13. The van der Waals surface area contributed by atoms with E-state index in [9.17, 15) is 9.59 Å². The van der Waals surface area contributed by atoms with Crippen LogP contribution in [0.4, 0.5) is 10.5 Å². The molecule has 126 valence electrons. The third-order valence-electron chi connectivity index (χ3n) is 3.64. The number of carboxylic acid groups (broad SMARTS) is 1. The van der Waals surface area contributed by atoms with Crippen LogP contribution in [0.3, 0.4) is 0 Å². The van der Waals surface area contributed by atoms with Gasteiger partial charge in [-0.3, -0.25) is 4.79 Å². The van der Waals surface area contributed by atoms with Crippen molar-refractivity contribution in [1.82, 2.24) is 4.90 Å². The lowest BCUT2D eigenvalue weighted by Gasteiger charge is -2.26. The zero-order valence-corrected chi connectivity index (χ0v) is 13.9. The molecule has 0 fully saturated rings. The summed E-state index contributed by atoms with van der Waals surface area (Å²) < 4.78 is 5.43. The Morgan fingerprint density at radius 2 is 1.96 bits per heavy atom. The highest BCUT2D eigenvalue weighted by atomic mass is 16.6. The van der Waals surface area contributed by atoms with Crippen LogP contribution >= 0.6 is 0 Å². The van der Waals surface area contributed by atoms with Gasteiger partial charge in [-0.25, -0.2) is 4.79 Å². The minimum Gasteiger partial charge on any atom is -0.480 e. The van der Waals surface area contributed by atoms with Crippen molar-refractivity contribution in [3.63, 3.8) is 0 Å². The number of carboxylic acids is 1. The Bertz CT molecular complexity index is 593. The predicted octanol–water partition coefficient (Wildman–Crippen LogP) is 2.52. The first-order chi connectivity index (χ1) is 10.8. The Morgan fingerprint density at radius 1 is 1.26 bits per heavy atom. The molecule has 1 aromatic rings. The van der Waals surface area contributed by atoms with E-state index in [1.54, 1.807) is 4.90 Å². The first-order valence-electron chi connectivity index (χ1n) is 7.80. The number of fused-ring (bicyclic) bond motifs is 1. The Labute approximate surface area is 136 Å². The first-order valence-corrected chi connectivity index (χ1v) is 7.80. The summed E-state index contributed by atoms with van der Waals surface area (Å²) in [4.78, 5) is 24.7. The topological polar surface area (TPSA) is 78.9 Å². The number of carbonyl (C=O) groups is 2. The molecule has 6 nitrogen and oxygen atoms in total. The van der Waals surface area contributed by atoms with E-state index in [4.69, 9.17) is 9.84 Å². The van der Waals surface area contributed by atoms with Crippen molar-refractivity contribution in [1.29, 1.82) is 0 Å². The number of nitrogens with one attached hydrogen (secondary N) is 1. The molecule has 0 aromatic heterocycles. The van der Waals surface area contributed by atoms with E-state index in [1.165, 1.54) is 0 Å². The van der Waals surface area contributed by atoms with Crippen molar-refractivity contribution < 1.29 is 19.4 Å². The van der Waals surface area contributed by atoms with Gasteiger partial charge in [0.25, 0.3) is 0 Å². The second kappa shape index (κ2) is 6.89. The molecule has 1 aromatic carbocycles. The Hall–Kier alpha value is -2.24. The van der Waals surface area contributed by atoms with Crippen molar-refractivity contribution in [3.05, 3.63) is 29.3 Å². The van der Waals surface area contributed by atoms with Crippen LogP contribution in [0.25, 0.3) is 0 Å². The highest BCUT2D eigenvalue weighted by Gasteiger charge is 2.24. The molecule has 1 aliphatic rings. The largest absolute Gasteiger partial charge is 0.480 e. The van der Waals surface area contributed by atoms with Crippen LogP contribution in [-0.2, 0) is 22.4 Å². The van der Waals surface area contributed by atoms with E-state index in [0.29, 0.717) is 19.5 Å². The average molecular weight is 320 g/mol. The fourth-order valence-electron chi connectivity index (χ4n) is 2.62. The average Bonchev–Trinajstić information content (AvgIpc) is 2.66. The van der Waals surface area contributed by atoms with E-state index in [-0.39, 0.29) is 12.6 Å². The number of nitrogens with zero attached hydrogens (tertiary/aromatic N) is 1. The van der Waals surface area contributed by atoms with Crippen molar-refractivity contribution >= 4 is 17.7 Å². The molecule has 6 heteroatoms. The normalized spacial score (nSPS) is 14.7. The van der Waals surface area contributed by atoms with Crippen LogP contribution < -0.4 is 5.32 Å². The number of ether oxygens (including phenoxy) is 1. The standard InChI is InChI=1S/C17H24N2O4/c1-17(2,3)23-16(22)19-9-7-12-5-4-6-14(13(12)8-10-19)18-11-15(20)21/h4-6,18H,7-11H2,1-3H3,(H,20,21). The number of carbonyl (C=O) groups excluding carboxylic acids is 1. The molecule has 0 radical (unpaired) electrons. The van der Waals surface area contributed by atoms with E-state index in [2.05, 4.69) is 5.32 Å². The summed E-state index contributed by atoms with van der Waals surface area (Å²) >= 11 is 0. The number of amides is 1. The van der Waals surface area contributed by atoms with Gasteiger partial charge < -0.3 is 20.1 Å². The van der Waals surface area contributed by atoms with Gasteiger partial charge in [0.15, 0.2) is 0 Å². The predicted molar refractivity (Wildman–Crippen MR) is 87.8 cm³/mol. The summed E-state index contributed by atoms with van der Waals surface area (Å²) in [5.74, 6) is -0.897. The molecule has 0 unspecified atom stereocenters. The smallest absolute Gasteiger partial charge is 0.410 e. The Balaban J connectivity index is 2.09. The molecule has 1 aliphatic heterocycles. The minimum atomic E-state index is -0.897. The van der Waals surface area contributed by atoms with Crippen molar-refractivity contribution in [2.45, 2.75) is 39.2 Å². The van der Waals surface area contributed by atoms with Crippen LogP contribution in [0, 0.1) is 0 Å². The summed E-state index contributed by atoms with van der Waals surface area (Å²) in [6.45, 7) is 6.60. The van der Waals surface area contributed by atoms with E-state index in [1.807, 2.05) is 39.0 Å². The number of benzene rings is 1. The van der Waals surface area contributed by atoms with Crippen LogP contribution in [-0.4, -0.2) is 47.3 Å². The lowest BCUT2D eigenvalue weighted by atomic mass is 10.0. The molecule has 0 bridgehead atoms. The third kappa shape index (κ3) is 4.87. The molecule has 0 spiro atoms. The number of rotatable bonds is 3. The summed E-state index contributed by atoms with van der Waals surface area (Å²) in [5.41, 5.74) is 2.55. The molecule has 0 saturated heterocycles. The van der Waals surface area contributed by atoms with Gasteiger partial charge in [-0.1, -0.05) is 12.1 Å². The maximum atomic E-state index is 12.2. The van der Waals surface area contributed by atoms with Crippen LogP contribution in [0.2, 0.25) is 0 Å². The van der Waals surface area contributed by atoms with Crippen LogP contribution in [0.15, 0.2) is 18.2 Å². The monoisotopic (exact) mass is 320 g/mol. The van der Waals surface area contributed by atoms with Crippen LogP contribution in [0.1, 0.15) is 31.9 Å². The van der Waals surface area contributed by atoms with E-state index < -0.39 is 11.6 Å². The molecule has 0 aliphatic carbocycles. The molecule has 0 atom stereocenters. The Morgan fingerprint density at radius 3 is 2.61 bits per heavy atom. The molecule has 2 N–H and O–H groups in total. The highest BCUT2D eigenvalue weighted by Crippen LogP contribution is 2.24. The maximum Gasteiger partial charge on any atom is 0.410 e. The van der Waals surface area contributed by atoms with Gasteiger partial charge in [-0.15, -0.1) is 0 Å². The minimum absolute atomic E-state index is 0.119. The zero-order valence-electron chi connectivity index (χ0n) is 13.9. The molecular formula is C17H24N2O4. The fraction of sp³-hybridized carbons (Fsp3) is 0.529. The molecular weight excluding hydrogens is 296 g/mol. The van der Waals surface area contributed by atoms with Crippen molar-refractivity contribution in [3.8, 4) is 0 Å². The molecule has 23 heavy (non-hydrogen) atoms. The summed E-state index contributed by atoms with van der Waals surface area (Å²) in [5, 5.41) is 11.8. The third-order valence-corrected chi connectivity index (χ3v) is 3.64. The maximum absolute atomic E-state index is 12.2. The van der Waals surface area contributed by atoms with E-state index in [0.717, 1.165) is 23.2 Å². The summed E-state index contributed by atoms with van der Waals surface area (Å²) in [6.07, 6.45) is 1.11. The molecule has 1 amide bonds. The number of anilines is 1. The summed E-state index contributed by atoms with van der Waals surface area (Å²) in [6, 6.07) is 5.82. The lowest BCUT2D eigenvalue weighted by molar-refractivity contribution is -0.134. The fourth-order valence-corrected chi connectivity index (χ4v) is 2.62. The second-order valence-electron chi connectivity index (χ2n) is 6.66. The van der Waals surface area contributed by atoms with Crippen LogP contribution in [0.5, 0.6) is 0 Å². The van der Waals surface area contributed by atoms with E-state index >= 15 is 0 Å². The second-order valence-corrected chi connectivity index (χ2v) is 6.66. The van der Waals surface area contributed by atoms with Gasteiger partial charge in [0, 0.05) is 18.8 Å². The van der Waals surface area contributed by atoms with Gasteiger partial charge in [-0.05, 0) is 50.8 Å². The number of hydrogen-bond acceptors (Lipinski definition) is 4. The van der Waals surface area contributed by atoms with Gasteiger partial charge in [0.1, 0.15) is 12.1 Å². The lowest BCUT2D eigenvalue weighted by Crippen LogP contribution is -2.38. The summed E-state index contributed by atoms with van der Waals surface area (Å²) in [7, 11) is 0. The quantitative estimate of drug-likeness (QED) is 0.894. The van der Waals surface area contributed by atoms with Crippen molar-refractivity contribution in [2.24, 2.45) is 0 Å². The van der Waals surface area contributed by atoms with Gasteiger partial charge in [0.05, 0.1) is 0 Å². The van der Waals surface area contributed by atoms with Crippen molar-refractivity contribution in [2.75, 3.05) is 25.0 Å². The number of hydrogen-bond donors (Lipinski definition) is 2. The number of aliphatic carboxylic acids is 1. The highest BCUT2D eigenvalue weighted by molar-refractivity contribution is 5.74. The van der Waals surface area contributed by atoms with Gasteiger partial charge >= 0.3 is 12.1 Å². The van der Waals surface area contributed by atoms with Gasteiger partial charge in [-0.2, -0.15) is 0 Å². The molecule has 1 heterocycles. The first kappa shape index (κ1) is 17.1. The SMILES string of the molecule is CC(C)(C)OC(=O)N1CCc2cccc(NCC(=O)O)c2CC1. The molecule has 0 saturated carbocycles. The molecule has 2 rings (SSSR count). The zero-order chi connectivity index (χ0) is 17.0. The van der Waals surface area contributed by atoms with Gasteiger partial charge in [0.2, 0.25) is 0 Å².